The molecule has 1 saturated heterocycles. The Balaban J connectivity index is 2.20. The second-order valence-corrected chi connectivity index (χ2v) is 4.41. The second kappa shape index (κ2) is 4.23. The lowest BCUT2D eigenvalue weighted by Gasteiger charge is -2.34. The third-order valence-electron chi connectivity index (χ3n) is 3.09. The van der Waals surface area contributed by atoms with Crippen LogP contribution in [-0.4, -0.2) is 6.10 Å². The van der Waals surface area contributed by atoms with Crippen LogP contribution in [0.15, 0.2) is 35.0 Å². The Bertz CT molecular complexity index is 326. The van der Waals surface area contributed by atoms with Gasteiger partial charge in [0, 0.05) is 5.92 Å². The second-order valence-electron chi connectivity index (χ2n) is 4.41. The summed E-state index contributed by atoms with van der Waals surface area (Å²) >= 11 is 0. The maximum atomic E-state index is 5.95. The molecule has 1 aromatic heterocycles. The summed E-state index contributed by atoms with van der Waals surface area (Å²) in [6.45, 7) is 8.23. The van der Waals surface area contributed by atoms with Crippen molar-refractivity contribution in [3.8, 4) is 0 Å². The van der Waals surface area contributed by atoms with Crippen molar-refractivity contribution in [1.82, 2.24) is 0 Å². The standard InChI is InChI=1S/C13H18O2/c1-9(2)11-7-6-10(3)15-13(11)12-5-4-8-14-12/h4-5,8,10-11,13H,1,6-7H2,2-3H3/t10-,11+,13-/m1/s1. The molecule has 0 radical (unpaired) electrons. The van der Waals surface area contributed by atoms with Crippen molar-refractivity contribution in [3.63, 3.8) is 0 Å². The molecule has 2 heterocycles. The van der Waals surface area contributed by atoms with E-state index in [1.54, 1.807) is 6.26 Å². The Morgan fingerprint density at radius 1 is 1.47 bits per heavy atom. The number of rotatable bonds is 2. The molecule has 1 aliphatic rings. The summed E-state index contributed by atoms with van der Waals surface area (Å²) in [6.07, 6.45) is 4.32. The Morgan fingerprint density at radius 3 is 2.87 bits per heavy atom. The zero-order valence-electron chi connectivity index (χ0n) is 9.40. The predicted octanol–water partition coefficient (Wildman–Crippen LogP) is 3.71. The molecule has 0 aromatic carbocycles. The summed E-state index contributed by atoms with van der Waals surface area (Å²) in [5, 5.41) is 0. The molecule has 82 valence electrons. The van der Waals surface area contributed by atoms with Gasteiger partial charge in [0.2, 0.25) is 0 Å². The fourth-order valence-electron chi connectivity index (χ4n) is 2.20. The zero-order valence-corrected chi connectivity index (χ0v) is 9.40. The maximum Gasteiger partial charge on any atom is 0.133 e. The van der Waals surface area contributed by atoms with E-state index in [1.165, 1.54) is 5.57 Å². The van der Waals surface area contributed by atoms with Crippen molar-refractivity contribution in [2.45, 2.75) is 38.9 Å². The van der Waals surface area contributed by atoms with Crippen LogP contribution in [0.3, 0.4) is 0 Å². The Hall–Kier alpha value is -1.02. The average Bonchev–Trinajstić information content (AvgIpc) is 2.69. The first kappa shape index (κ1) is 10.5. The van der Waals surface area contributed by atoms with E-state index in [1.807, 2.05) is 12.1 Å². The van der Waals surface area contributed by atoms with E-state index in [0.29, 0.717) is 12.0 Å². The molecule has 1 fully saturated rings. The molecule has 0 N–H and O–H groups in total. The van der Waals surface area contributed by atoms with Gasteiger partial charge in [-0.05, 0) is 38.8 Å². The highest BCUT2D eigenvalue weighted by Crippen LogP contribution is 2.39. The summed E-state index contributed by atoms with van der Waals surface area (Å²) in [4.78, 5) is 0. The van der Waals surface area contributed by atoms with Gasteiger partial charge < -0.3 is 9.15 Å². The van der Waals surface area contributed by atoms with Gasteiger partial charge in [0.25, 0.3) is 0 Å². The van der Waals surface area contributed by atoms with Crippen LogP contribution in [0.4, 0.5) is 0 Å². The SMILES string of the molecule is C=C(C)[C@@H]1CC[C@@H](C)O[C@H]1c1ccco1. The number of hydrogen-bond acceptors (Lipinski definition) is 2. The van der Waals surface area contributed by atoms with E-state index in [9.17, 15) is 0 Å². The Labute approximate surface area is 90.9 Å². The normalized spacial score (nSPS) is 31.5. The number of furan rings is 1. The molecule has 0 saturated carbocycles. The van der Waals surface area contributed by atoms with Crippen LogP contribution < -0.4 is 0 Å². The van der Waals surface area contributed by atoms with E-state index in [-0.39, 0.29) is 6.10 Å². The van der Waals surface area contributed by atoms with Gasteiger partial charge in [-0.15, -0.1) is 0 Å². The molecule has 1 aromatic rings. The minimum absolute atomic E-state index is 0.0567. The molecular weight excluding hydrogens is 188 g/mol. The highest BCUT2D eigenvalue weighted by atomic mass is 16.5. The molecule has 2 nitrogen and oxygen atoms in total. The van der Waals surface area contributed by atoms with Crippen LogP contribution in [0.2, 0.25) is 0 Å². The lowest BCUT2D eigenvalue weighted by Crippen LogP contribution is -2.27. The molecule has 0 amide bonds. The van der Waals surface area contributed by atoms with Crippen molar-refractivity contribution in [2.75, 3.05) is 0 Å². The molecule has 2 rings (SSSR count). The van der Waals surface area contributed by atoms with Crippen LogP contribution in [0.5, 0.6) is 0 Å². The van der Waals surface area contributed by atoms with E-state index < -0.39 is 0 Å². The van der Waals surface area contributed by atoms with Crippen LogP contribution in [-0.2, 0) is 4.74 Å². The third kappa shape index (κ3) is 2.15. The van der Waals surface area contributed by atoms with Gasteiger partial charge in [-0.1, -0.05) is 12.2 Å². The van der Waals surface area contributed by atoms with Crippen molar-refractivity contribution in [2.24, 2.45) is 5.92 Å². The first-order valence-electron chi connectivity index (χ1n) is 5.52. The van der Waals surface area contributed by atoms with Gasteiger partial charge in [-0.3, -0.25) is 0 Å². The molecular formula is C13H18O2. The van der Waals surface area contributed by atoms with Crippen molar-refractivity contribution in [1.29, 1.82) is 0 Å². The van der Waals surface area contributed by atoms with Crippen molar-refractivity contribution < 1.29 is 9.15 Å². The molecule has 3 atom stereocenters. The molecule has 15 heavy (non-hydrogen) atoms. The minimum atomic E-state index is 0.0567. The fraction of sp³-hybridized carbons (Fsp3) is 0.538. The minimum Gasteiger partial charge on any atom is -0.467 e. The van der Waals surface area contributed by atoms with Crippen molar-refractivity contribution in [3.05, 3.63) is 36.3 Å². The lowest BCUT2D eigenvalue weighted by atomic mass is 9.86. The largest absolute Gasteiger partial charge is 0.467 e. The van der Waals surface area contributed by atoms with Gasteiger partial charge in [-0.25, -0.2) is 0 Å². The first-order valence-corrected chi connectivity index (χ1v) is 5.52. The maximum absolute atomic E-state index is 5.95. The Morgan fingerprint density at radius 2 is 2.27 bits per heavy atom. The van der Waals surface area contributed by atoms with Crippen LogP contribution in [0, 0.1) is 5.92 Å². The van der Waals surface area contributed by atoms with Gasteiger partial charge >= 0.3 is 0 Å². The summed E-state index contributed by atoms with van der Waals surface area (Å²) in [5.74, 6) is 1.32. The predicted molar refractivity (Wildman–Crippen MR) is 59.5 cm³/mol. The third-order valence-corrected chi connectivity index (χ3v) is 3.09. The molecule has 0 spiro atoms. The quantitative estimate of drug-likeness (QED) is 0.688. The summed E-state index contributed by atoms with van der Waals surface area (Å²) in [5.41, 5.74) is 1.18. The highest BCUT2D eigenvalue weighted by Gasteiger charge is 2.32. The van der Waals surface area contributed by atoms with E-state index in [2.05, 4.69) is 20.4 Å². The number of hydrogen-bond donors (Lipinski definition) is 0. The van der Waals surface area contributed by atoms with Gasteiger partial charge in [0.05, 0.1) is 12.4 Å². The van der Waals surface area contributed by atoms with E-state index in [4.69, 9.17) is 9.15 Å². The molecule has 2 heteroatoms. The topological polar surface area (TPSA) is 22.4 Å². The summed E-state index contributed by atoms with van der Waals surface area (Å²) < 4.78 is 11.4. The molecule has 0 aliphatic carbocycles. The highest BCUT2D eigenvalue weighted by molar-refractivity contribution is 5.11. The monoisotopic (exact) mass is 206 g/mol. The Kier molecular flexibility index (Phi) is 2.96. The fourth-order valence-corrected chi connectivity index (χ4v) is 2.20. The summed E-state index contributed by atoms with van der Waals surface area (Å²) in [7, 11) is 0. The first-order chi connectivity index (χ1) is 7.18. The summed E-state index contributed by atoms with van der Waals surface area (Å²) in [6, 6.07) is 3.89. The van der Waals surface area contributed by atoms with Crippen LogP contribution >= 0.6 is 0 Å². The van der Waals surface area contributed by atoms with E-state index >= 15 is 0 Å². The van der Waals surface area contributed by atoms with Crippen LogP contribution in [0.25, 0.3) is 0 Å². The zero-order chi connectivity index (χ0) is 10.8. The van der Waals surface area contributed by atoms with Gasteiger partial charge in [-0.2, -0.15) is 0 Å². The average molecular weight is 206 g/mol. The van der Waals surface area contributed by atoms with Crippen molar-refractivity contribution >= 4 is 0 Å². The molecule has 0 bridgehead atoms. The number of ether oxygens (including phenoxy) is 1. The molecule has 1 aliphatic heterocycles. The molecule has 0 unspecified atom stereocenters. The van der Waals surface area contributed by atoms with Crippen LogP contribution in [0.1, 0.15) is 38.6 Å². The van der Waals surface area contributed by atoms with E-state index in [0.717, 1.165) is 18.6 Å². The van der Waals surface area contributed by atoms with Gasteiger partial charge in [0.15, 0.2) is 0 Å². The van der Waals surface area contributed by atoms with Gasteiger partial charge in [0.1, 0.15) is 11.9 Å². The lowest BCUT2D eigenvalue weighted by molar-refractivity contribution is -0.0768. The smallest absolute Gasteiger partial charge is 0.133 e.